The number of aliphatic hydroxyl groups is 1. The van der Waals surface area contributed by atoms with E-state index in [2.05, 4.69) is 41.4 Å². The summed E-state index contributed by atoms with van der Waals surface area (Å²) in [5, 5.41) is 12.2. The van der Waals surface area contributed by atoms with Crippen molar-refractivity contribution in [3.8, 4) is 0 Å². The quantitative estimate of drug-likeness (QED) is 0.643. The molecule has 7 nitrogen and oxygen atoms in total. The Bertz CT molecular complexity index is 1050. The van der Waals surface area contributed by atoms with Crippen molar-refractivity contribution >= 4 is 17.5 Å². The Morgan fingerprint density at radius 3 is 2.34 bits per heavy atom. The first kappa shape index (κ1) is 25.2. The van der Waals surface area contributed by atoms with E-state index in [-0.39, 0.29) is 36.7 Å². The lowest BCUT2D eigenvalue weighted by Gasteiger charge is -2.48. The van der Waals surface area contributed by atoms with Crippen LogP contribution < -0.4 is 15.1 Å². The van der Waals surface area contributed by atoms with Gasteiger partial charge in [0.15, 0.2) is 0 Å². The van der Waals surface area contributed by atoms with E-state index < -0.39 is 23.3 Å². The van der Waals surface area contributed by atoms with Crippen molar-refractivity contribution in [2.45, 2.75) is 42.9 Å². The van der Waals surface area contributed by atoms with Gasteiger partial charge in [0.1, 0.15) is 11.4 Å². The first-order valence-electron chi connectivity index (χ1n) is 11.7. The lowest BCUT2D eigenvalue weighted by molar-refractivity contribution is -0.137. The van der Waals surface area contributed by atoms with E-state index in [1.165, 1.54) is 28.6 Å². The number of benzene rings is 1. The molecule has 0 bridgehead atoms. The van der Waals surface area contributed by atoms with Gasteiger partial charge in [-0.2, -0.15) is 13.2 Å². The van der Waals surface area contributed by atoms with E-state index >= 15 is 0 Å². The molecule has 2 fully saturated rings. The molecule has 1 saturated heterocycles. The first-order chi connectivity index (χ1) is 16.5. The van der Waals surface area contributed by atoms with Crippen molar-refractivity contribution < 1.29 is 23.1 Å². The van der Waals surface area contributed by atoms with Crippen LogP contribution in [0, 0.1) is 0 Å². The minimum absolute atomic E-state index is 0.0117. The molecule has 1 saturated carbocycles. The van der Waals surface area contributed by atoms with Crippen LogP contribution in [0.15, 0.2) is 42.6 Å². The summed E-state index contributed by atoms with van der Waals surface area (Å²) in [5.41, 5.74) is -0.257. The number of likely N-dealkylation sites (N-methyl/N-ethyl adjacent to an activating group) is 1. The molecule has 35 heavy (non-hydrogen) atoms. The van der Waals surface area contributed by atoms with Gasteiger partial charge in [0.05, 0.1) is 30.6 Å². The minimum atomic E-state index is -4.65. The average Bonchev–Trinajstić information content (AvgIpc) is 3.15. The van der Waals surface area contributed by atoms with Gasteiger partial charge in [-0.15, -0.1) is 0 Å². The molecule has 1 aliphatic carbocycles. The Kier molecular flexibility index (Phi) is 6.72. The molecule has 4 rings (SSSR count). The molecule has 0 unspecified atom stereocenters. The van der Waals surface area contributed by atoms with E-state index in [1.807, 2.05) is 18.2 Å². The standard InChI is InChI=1S/C25H32F3N5O2/c1-31(2)24(18-7-5-4-6-8-18)11-9-23(10-12-24)17-33(22(35)30-23)19-15-20(25(26,27)28)21(29-16-19)32(3)13-14-34/h4-8,15-16,34H,9-14,17H2,1-3H3,(H,30,35). The lowest BCUT2D eigenvalue weighted by atomic mass is 9.69. The number of aromatic nitrogens is 1. The van der Waals surface area contributed by atoms with Gasteiger partial charge in [0, 0.05) is 19.1 Å². The molecule has 190 valence electrons. The molecule has 1 aromatic carbocycles. The van der Waals surface area contributed by atoms with Gasteiger partial charge in [0.2, 0.25) is 0 Å². The second-order valence-corrected chi connectivity index (χ2v) is 9.80. The van der Waals surface area contributed by atoms with E-state index in [1.54, 1.807) is 0 Å². The third kappa shape index (κ3) is 4.69. The molecule has 2 amide bonds. The first-order valence-corrected chi connectivity index (χ1v) is 11.7. The van der Waals surface area contributed by atoms with Crippen LogP contribution in [-0.2, 0) is 11.7 Å². The second kappa shape index (κ2) is 9.31. The molecule has 0 atom stereocenters. The Morgan fingerprint density at radius 2 is 1.77 bits per heavy atom. The third-order valence-corrected chi connectivity index (χ3v) is 7.55. The molecule has 10 heteroatoms. The number of alkyl halides is 3. The number of aliphatic hydroxyl groups excluding tert-OH is 1. The van der Waals surface area contributed by atoms with E-state index in [4.69, 9.17) is 5.11 Å². The smallest absolute Gasteiger partial charge is 0.395 e. The summed E-state index contributed by atoms with van der Waals surface area (Å²) >= 11 is 0. The minimum Gasteiger partial charge on any atom is -0.395 e. The topological polar surface area (TPSA) is 71.9 Å². The zero-order chi connectivity index (χ0) is 25.4. The van der Waals surface area contributed by atoms with Crippen LogP contribution in [0.2, 0.25) is 0 Å². The van der Waals surface area contributed by atoms with Crippen LogP contribution in [0.25, 0.3) is 0 Å². The Morgan fingerprint density at radius 1 is 1.11 bits per heavy atom. The number of hydrogen-bond acceptors (Lipinski definition) is 5. The van der Waals surface area contributed by atoms with Gasteiger partial charge in [0.25, 0.3) is 0 Å². The molecule has 0 radical (unpaired) electrons. The number of amides is 2. The van der Waals surface area contributed by atoms with Crippen LogP contribution in [0.5, 0.6) is 0 Å². The van der Waals surface area contributed by atoms with Crippen LogP contribution in [0.3, 0.4) is 0 Å². The number of carbonyl (C=O) groups is 1. The summed E-state index contributed by atoms with van der Waals surface area (Å²) in [5.74, 6) is -0.277. The highest BCUT2D eigenvalue weighted by Crippen LogP contribution is 2.46. The van der Waals surface area contributed by atoms with Crippen LogP contribution in [0.4, 0.5) is 29.5 Å². The summed E-state index contributed by atoms with van der Waals surface area (Å²) in [4.78, 5) is 21.8. The van der Waals surface area contributed by atoms with E-state index in [9.17, 15) is 18.0 Å². The normalized spacial score (nSPS) is 24.8. The average molecular weight is 492 g/mol. The number of nitrogens with zero attached hydrogens (tertiary/aromatic N) is 4. The highest BCUT2D eigenvalue weighted by atomic mass is 19.4. The molecule has 2 aliphatic rings. The number of pyridine rings is 1. The summed E-state index contributed by atoms with van der Waals surface area (Å²) in [6.45, 7) is -0.00157. The van der Waals surface area contributed by atoms with Crippen molar-refractivity contribution in [1.82, 2.24) is 15.2 Å². The fraction of sp³-hybridized carbons (Fsp3) is 0.520. The molecule has 2 aromatic rings. The maximum Gasteiger partial charge on any atom is 0.420 e. The molecule has 2 heterocycles. The number of urea groups is 1. The molecule has 1 aliphatic heterocycles. The maximum absolute atomic E-state index is 13.8. The Balaban J connectivity index is 1.58. The van der Waals surface area contributed by atoms with Crippen molar-refractivity contribution in [3.05, 3.63) is 53.7 Å². The van der Waals surface area contributed by atoms with Crippen molar-refractivity contribution in [2.24, 2.45) is 0 Å². The van der Waals surface area contributed by atoms with Gasteiger partial charge < -0.3 is 15.3 Å². The Hall–Kier alpha value is -2.85. The highest BCUT2D eigenvalue weighted by molar-refractivity contribution is 5.95. The molecule has 1 aromatic heterocycles. The zero-order valence-corrected chi connectivity index (χ0v) is 20.3. The fourth-order valence-corrected chi connectivity index (χ4v) is 5.45. The van der Waals surface area contributed by atoms with Gasteiger partial charge in [-0.3, -0.25) is 9.80 Å². The van der Waals surface area contributed by atoms with Gasteiger partial charge in [-0.05, 0) is 51.4 Å². The highest BCUT2D eigenvalue weighted by Gasteiger charge is 2.50. The van der Waals surface area contributed by atoms with Crippen LogP contribution >= 0.6 is 0 Å². The molecule has 2 N–H and O–H groups in total. The Labute approximate surface area is 203 Å². The second-order valence-electron chi connectivity index (χ2n) is 9.80. The van der Waals surface area contributed by atoms with Gasteiger partial charge in [-0.1, -0.05) is 30.3 Å². The predicted octanol–water partition coefficient (Wildman–Crippen LogP) is 3.83. The molecular weight excluding hydrogens is 459 g/mol. The van der Waals surface area contributed by atoms with E-state index in [0.29, 0.717) is 12.8 Å². The van der Waals surface area contributed by atoms with Crippen LogP contribution in [-0.4, -0.2) is 67.4 Å². The predicted molar refractivity (Wildman–Crippen MR) is 128 cm³/mol. The summed E-state index contributed by atoms with van der Waals surface area (Å²) in [6, 6.07) is 10.9. The van der Waals surface area contributed by atoms with Gasteiger partial charge in [-0.25, -0.2) is 9.78 Å². The van der Waals surface area contributed by atoms with E-state index in [0.717, 1.165) is 18.9 Å². The summed E-state index contributed by atoms with van der Waals surface area (Å²) < 4.78 is 41.5. The number of nitrogens with one attached hydrogen (secondary N) is 1. The number of carbonyl (C=O) groups excluding carboxylic acids is 1. The number of rotatable bonds is 6. The monoisotopic (exact) mass is 491 g/mol. The number of hydrogen-bond donors (Lipinski definition) is 2. The fourth-order valence-electron chi connectivity index (χ4n) is 5.45. The summed E-state index contributed by atoms with van der Waals surface area (Å²) in [6.07, 6.45) is -0.307. The SMILES string of the molecule is CN(CCO)c1ncc(N2CC3(CCC(c4ccccc4)(N(C)C)CC3)NC2=O)cc1C(F)(F)F. The third-order valence-electron chi connectivity index (χ3n) is 7.55. The van der Waals surface area contributed by atoms with Crippen molar-refractivity contribution in [1.29, 1.82) is 0 Å². The molecule has 1 spiro atoms. The number of anilines is 2. The van der Waals surface area contributed by atoms with Crippen LogP contribution in [0.1, 0.15) is 36.8 Å². The summed E-state index contributed by atoms with van der Waals surface area (Å²) in [7, 11) is 5.56. The molecular formula is C25H32F3N5O2. The van der Waals surface area contributed by atoms with Crippen molar-refractivity contribution in [3.63, 3.8) is 0 Å². The zero-order valence-electron chi connectivity index (χ0n) is 20.3. The maximum atomic E-state index is 13.8. The van der Waals surface area contributed by atoms with Gasteiger partial charge >= 0.3 is 12.2 Å². The lowest BCUT2D eigenvalue weighted by Crippen LogP contribution is -2.54. The number of halogens is 3. The largest absolute Gasteiger partial charge is 0.420 e. The van der Waals surface area contributed by atoms with Crippen molar-refractivity contribution in [2.75, 3.05) is 50.6 Å².